The van der Waals surface area contributed by atoms with E-state index in [-0.39, 0.29) is 29.2 Å². The molecule has 8 heteroatoms. The van der Waals surface area contributed by atoms with Gasteiger partial charge in [-0.25, -0.2) is 9.18 Å². The lowest BCUT2D eigenvalue weighted by Crippen LogP contribution is -2.44. The number of rotatable bonds is 5. The lowest BCUT2D eigenvalue weighted by Gasteiger charge is -2.28. The number of carboxylic acid groups (broad SMARTS) is 1. The van der Waals surface area contributed by atoms with Crippen molar-refractivity contribution >= 4 is 11.8 Å². The maximum Gasteiger partial charge on any atom is 0.336 e. The van der Waals surface area contributed by atoms with Gasteiger partial charge in [0.1, 0.15) is 18.2 Å². The largest absolute Gasteiger partial charge is 0.478 e. The van der Waals surface area contributed by atoms with Crippen LogP contribution in [0.4, 0.5) is 10.2 Å². The SMILES string of the molecule is N#Cc1ccc(COc2cc(C(=O)O)cc(N3CCNCC3)n2)c(F)c1. The fraction of sp³-hybridized carbons (Fsp3) is 0.278. The Morgan fingerprint density at radius 1 is 1.35 bits per heavy atom. The van der Waals surface area contributed by atoms with Crippen molar-refractivity contribution in [1.82, 2.24) is 10.3 Å². The highest BCUT2D eigenvalue weighted by Gasteiger charge is 2.16. The molecule has 0 saturated carbocycles. The van der Waals surface area contributed by atoms with Gasteiger partial charge in [-0.05, 0) is 18.2 Å². The molecule has 0 atom stereocenters. The monoisotopic (exact) mass is 356 g/mol. The minimum Gasteiger partial charge on any atom is -0.478 e. The molecule has 1 aliphatic heterocycles. The number of nitrogens with zero attached hydrogens (tertiary/aromatic N) is 3. The fourth-order valence-corrected chi connectivity index (χ4v) is 2.63. The molecule has 1 aromatic carbocycles. The highest BCUT2D eigenvalue weighted by molar-refractivity contribution is 5.89. The summed E-state index contributed by atoms with van der Waals surface area (Å²) in [5.41, 5.74) is 0.539. The summed E-state index contributed by atoms with van der Waals surface area (Å²) >= 11 is 0. The first kappa shape index (κ1) is 17.6. The van der Waals surface area contributed by atoms with E-state index in [4.69, 9.17) is 10.00 Å². The van der Waals surface area contributed by atoms with Gasteiger partial charge in [0.05, 0.1) is 17.2 Å². The summed E-state index contributed by atoms with van der Waals surface area (Å²) in [5, 5.41) is 21.3. The summed E-state index contributed by atoms with van der Waals surface area (Å²) in [6, 6.07) is 8.77. The van der Waals surface area contributed by atoms with Crippen molar-refractivity contribution in [3.8, 4) is 11.9 Å². The first-order valence-corrected chi connectivity index (χ1v) is 8.09. The molecule has 1 aromatic heterocycles. The number of nitriles is 1. The number of pyridine rings is 1. The van der Waals surface area contributed by atoms with Crippen LogP contribution in [0.1, 0.15) is 21.5 Å². The highest BCUT2D eigenvalue weighted by atomic mass is 19.1. The number of aromatic nitrogens is 1. The zero-order chi connectivity index (χ0) is 18.5. The molecule has 0 amide bonds. The Balaban J connectivity index is 1.81. The predicted molar refractivity (Wildman–Crippen MR) is 91.7 cm³/mol. The molecule has 1 fully saturated rings. The Morgan fingerprint density at radius 3 is 2.77 bits per heavy atom. The van der Waals surface area contributed by atoms with E-state index in [1.54, 1.807) is 0 Å². The number of anilines is 1. The van der Waals surface area contributed by atoms with Crippen molar-refractivity contribution in [3.05, 3.63) is 52.8 Å². The van der Waals surface area contributed by atoms with E-state index in [1.807, 2.05) is 11.0 Å². The number of carbonyl (C=O) groups is 1. The number of aromatic carboxylic acids is 1. The first-order chi connectivity index (χ1) is 12.6. The van der Waals surface area contributed by atoms with Gasteiger partial charge in [-0.15, -0.1) is 0 Å². The topological polar surface area (TPSA) is 98.5 Å². The third-order valence-electron chi connectivity index (χ3n) is 4.03. The van der Waals surface area contributed by atoms with E-state index < -0.39 is 11.8 Å². The Morgan fingerprint density at radius 2 is 2.12 bits per heavy atom. The predicted octanol–water partition coefficient (Wildman–Crippen LogP) is 1.78. The molecule has 0 radical (unpaired) electrons. The molecule has 0 spiro atoms. The molecule has 2 aromatic rings. The zero-order valence-corrected chi connectivity index (χ0v) is 13.9. The van der Waals surface area contributed by atoms with E-state index in [1.165, 1.54) is 24.3 Å². The number of halogens is 1. The second-order valence-corrected chi connectivity index (χ2v) is 5.80. The van der Waals surface area contributed by atoms with Crippen molar-refractivity contribution in [3.63, 3.8) is 0 Å². The minimum atomic E-state index is -1.09. The van der Waals surface area contributed by atoms with E-state index in [0.29, 0.717) is 18.9 Å². The maximum atomic E-state index is 14.0. The normalized spacial score (nSPS) is 13.9. The van der Waals surface area contributed by atoms with Crippen LogP contribution >= 0.6 is 0 Å². The molecule has 0 unspecified atom stereocenters. The van der Waals surface area contributed by atoms with Gasteiger partial charge in [0.25, 0.3) is 0 Å². The van der Waals surface area contributed by atoms with Gasteiger partial charge < -0.3 is 20.1 Å². The number of piperazine rings is 1. The van der Waals surface area contributed by atoms with E-state index in [0.717, 1.165) is 19.2 Å². The summed E-state index contributed by atoms with van der Waals surface area (Å²) in [4.78, 5) is 17.7. The number of ether oxygens (including phenoxy) is 1. The van der Waals surface area contributed by atoms with Crippen LogP contribution in [0.5, 0.6) is 5.88 Å². The van der Waals surface area contributed by atoms with Gasteiger partial charge >= 0.3 is 5.97 Å². The lowest BCUT2D eigenvalue weighted by atomic mass is 10.1. The van der Waals surface area contributed by atoms with Crippen LogP contribution in [-0.4, -0.2) is 42.2 Å². The van der Waals surface area contributed by atoms with Crippen molar-refractivity contribution in [1.29, 1.82) is 5.26 Å². The number of nitrogens with one attached hydrogen (secondary N) is 1. The highest BCUT2D eigenvalue weighted by Crippen LogP contribution is 2.22. The van der Waals surface area contributed by atoms with Gasteiger partial charge in [-0.2, -0.15) is 10.2 Å². The smallest absolute Gasteiger partial charge is 0.336 e. The van der Waals surface area contributed by atoms with E-state index >= 15 is 0 Å². The molecule has 0 bridgehead atoms. The minimum absolute atomic E-state index is 0.0591. The Hall–Kier alpha value is -3.18. The zero-order valence-electron chi connectivity index (χ0n) is 13.9. The van der Waals surface area contributed by atoms with Gasteiger partial charge in [0, 0.05) is 37.8 Å². The van der Waals surface area contributed by atoms with Gasteiger partial charge in [0.2, 0.25) is 5.88 Å². The van der Waals surface area contributed by atoms with Gasteiger partial charge in [-0.3, -0.25) is 0 Å². The summed E-state index contributed by atoms with van der Waals surface area (Å²) < 4.78 is 19.5. The van der Waals surface area contributed by atoms with Crippen LogP contribution in [0.15, 0.2) is 30.3 Å². The van der Waals surface area contributed by atoms with Crippen LogP contribution in [0.25, 0.3) is 0 Å². The molecule has 7 nitrogen and oxygen atoms in total. The second kappa shape index (κ2) is 7.80. The molecule has 0 aliphatic carbocycles. The summed E-state index contributed by atoms with van der Waals surface area (Å²) in [6.07, 6.45) is 0. The molecule has 2 heterocycles. The van der Waals surface area contributed by atoms with Crippen LogP contribution in [-0.2, 0) is 6.61 Å². The average Bonchev–Trinajstić information content (AvgIpc) is 2.67. The van der Waals surface area contributed by atoms with Crippen molar-refractivity contribution in [2.24, 2.45) is 0 Å². The van der Waals surface area contributed by atoms with Crippen LogP contribution < -0.4 is 15.0 Å². The van der Waals surface area contributed by atoms with Crippen LogP contribution in [0.2, 0.25) is 0 Å². The molecule has 26 heavy (non-hydrogen) atoms. The Bertz CT molecular complexity index is 860. The average molecular weight is 356 g/mol. The van der Waals surface area contributed by atoms with E-state index in [9.17, 15) is 14.3 Å². The fourth-order valence-electron chi connectivity index (χ4n) is 2.63. The quantitative estimate of drug-likeness (QED) is 0.842. The van der Waals surface area contributed by atoms with Crippen LogP contribution in [0, 0.1) is 17.1 Å². The van der Waals surface area contributed by atoms with E-state index in [2.05, 4.69) is 10.3 Å². The van der Waals surface area contributed by atoms with Crippen molar-refractivity contribution in [2.75, 3.05) is 31.1 Å². The third kappa shape index (κ3) is 4.07. The Labute approximate surface area is 149 Å². The Kier molecular flexibility index (Phi) is 5.29. The van der Waals surface area contributed by atoms with Crippen LogP contribution in [0.3, 0.4) is 0 Å². The van der Waals surface area contributed by atoms with Crippen molar-refractivity contribution in [2.45, 2.75) is 6.61 Å². The number of carboxylic acids is 1. The standard InChI is InChI=1S/C18H17FN4O3/c19-15-7-12(10-20)1-2-13(15)11-26-17-9-14(18(24)25)8-16(22-17)23-5-3-21-4-6-23/h1-2,7-9,21H,3-6,11H2,(H,24,25). The molecule has 2 N–H and O–H groups in total. The maximum absolute atomic E-state index is 14.0. The summed E-state index contributed by atoms with van der Waals surface area (Å²) in [7, 11) is 0. The molecule has 134 valence electrons. The molecular formula is C18H17FN4O3. The lowest BCUT2D eigenvalue weighted by molar-refractivity contribution is 0.0696. The number of hydrogen-bond donors (Lipinski definition) is 2. The second-order valence-electron chi connectivity index (χ2n) is 5.80. The molecule has 3 rings (SSSR count). The first-order valence-electron chi connectivity index (χ1n) is 8.09. The number of benzene rings is 1. The van der Waals surface area contributed by atoms with Crippen molar-refractivity contribution < 1.29 is 19.0 Å². The van der Waals surface area contributed by atoms with Gasteiger partial charge in [-0.1, -0.05) is 6.07 Å². The third-order valence-corrected chi connectivity index (χ3v) is 4.03. The summed E-state index contributed by atoms with van der Waals surface area (Å²) in [5.74, 6) is -1.01. The molecular weight excluding hydrogens is 339 g/mol. The number of hydrogen-bond acceptors (Lipinski definition) is 6. The van der Waals surface area contributed by atoms with Gasteiger partial charge in [0.15, 0.2) is 0 Å². The summed E-state index contributed by atoms with van der Waals surface area (Å²) in [6.45, 7) is 2.87. The molecule has 1 aliphatic rings. The molecule has 1 saturated heterocycles.